The minimum absolute atomic E-state index is 0.0524. The van der Waals surface area contributed by atoms with Crippen molar-refractivity contribution in [2.24, 2.45) is 0 Å². The molecule has 2 aromatic heterocycles. The molecule has 0 saturated carbocycles. The maximum Gasteiger partial charge on any atom is 0.433 e. The molecule has 2 heterocycles. The molecule has 0 aliphatic heterocycles. The summed E-state index contributed by atoms with van der Waals surface area (Å²) in [6.07, 6.45) is -3.44. The number of nitrogen functional groups attached to an aromatic ring is 1. The first-order valence-electron chi connectivity index (χ1n) is 4.36. The van der Waals surface area contributed by atoms with Gasteiger partial charge in [0.25, 0.3) is 0 Å². The van der Waals surface area contributed by atoms with E-state index in [0.29, 0.717) is 5.69 Å². The Hall–Kier alpha value is -1.90. The lowest BCUT2D eigenvalue weighted by atomic mass is 10.3. The molecule has 0 saturated heterocycles. The first-order valence-corrected chi connectivity index (χ1v) is 4.77. The fourth-order valence-corrected chi connectivity index (χ4v) is 1.49. The van der Waals surface area contributed by atoms with Crippen LogP contribution < -0.4 is 5.73 Å². The molecule has 0 atom stereocenters. The van der Waals surface area contributed by atoms with Crippen LogP contribution in [0.3, 0.4) is 0 Å². The highest BCUT2D eigenvalue weighted by molar-refractivity contribution is 7.71. The van der Waals surface area contributed by atoms with Crippen LogP contribution in [0, 0.1) is 4.77 Å². The minimum atomic E-state index is -4.47. The third kappa shape index (κ3) is 2.13. The molecule has 3 N–H and O–H groups in total. The number of hydrogen-bond acceptors (Lipinski definition) is 4. The zero-order chi connectivity index (χ0) is 12.6. The molecular weight excluding hydrogens is 255 g/mol. The van der Waals surface area contributed by atoms with Crippen molar-refractivity contribution in [3.8, 4) is 5.69 Å². The molecule has 2 aromatic rings. The standard InChI is InChI=1S/C8H6F3N5S/c9-8(10,11)5-2-1-4(3-13-5)16-6(12)14-15-7(16)17/h1-3H,(H2,12,14)(H,15,17). The van der Waals surface area contributed by atoms with Crippen molar-refractivity contribution in [3.63, 3.8) is 0 Å². The molecule has 9 heteroatoms. The predicted molar refractivity (Wildman–Crippen MR) is 56.0 cm³/mol. The summed E-state index contributed by atoms with van der Waals surface area (Å²) in [6.45, 7) is 0. The smallest absolute Gasteiger partial charge is 0.368 e. The van der Waals surface area contributed by atoms with Crippen LogP contribution in [0.25, 0.3) is 5.69 Å². The van der Waals surface area contributed by atoms with Gasteiger partial charge in [-0.15, -0.1) is 5.10 Å². The van der Waals surface area contributed by atoms with Crippen molar-refractivity contribution < 1.29 is 13.2 Å². The van der Waals surface area contributed by atoms with Gasteiger partial charge in [0.15, 0.2) is 0 Å². The summed E-state index contributed by atoms with van der Waals surface area (Å²) in [4.78, 5) is 3.30. The Morgan fingerprint density at radius 2 is 2.06 bits per heavy atom. The van der Waals surface area contributed by atoms with Gasteiger partial charge < -0.3 is 5.73 Å². The molecule has 90 valence electrons. The number of aromatic nitrogens is 4. The summed E-state index contributed by atoms with van der Waals surface area (Å²) in [6, 6.07) is 2.07. The molecular formula is C8H6F3N5S. The van der Waals surface area contributed by atoms with Gasteiger partial charge in [0, 0.05) is 0 Å². The third-order valence-corrected chi connectivity index (χ3v) is 2.27. The Morgan fingerprint density at radius 1 is 1.35 bits per heavy atom. The van der Waals surface area contributed by atoms with E-state index in [1.165, 1.54) is 10.6 Å². The van der Waals surface area contributed by atoms with Crippen molar-refractivity contribution in [3.05, 3.63) is 28.8 Å². The molecule has 2 rings (SSSR count). The van der Waals surface area contributed by atoms with E-state index in [0.717, 1.165) is 12.3 Å². The molecule has 0 bridgehead atoms. The minimum Gasteiger partial charge on any atom is -0.368 e. The van der Waals surface area contributed by atoms with Crippen LogP contribution in [-0.4, -0.2) is 19.7 Å². The Bertz CT molecular complexity index is 582. The maximum atomic E-state index is 12.3. The lowest BCUT2D eigenvalue weighted by Crippen LogP contribution is -2.08. The Labute approximate surface area is 98.1 Å². The molecule has 0 aromatic carbocycles. The molecule has 17 heavy (non-hydrogen) atoms. The predicted octanol–water partition coefficient (Wildman–Crippen LogP) is 1.93. The summed E-state index contributed by atoms with van der Waals surface area (Å²) >= 11 is 4.88. The first-order chi connectivity index (χ1) is 7.89. The highest BCUT2D eigenvalue weighted by Gasteiger charge is 2.32. The van der Waals surface area contributed by atoms with Crippen LogP contribution in [0.4, 0.5) is 19.1 Å². The number of H-pyrrole nitrogens is 1. The summed E-state index contributed by atoms with van der Waals surface area (Å²) < 4.78 is 38.3. The quantitative estimate of drug-likeness (QED) is 0.769. The molecule has 0 fully saturated rings. The fraction of sp³-hybridized carbons (Fsp3) is 0.125. The fourth-order valence-electron chi connectivity index (χ4n) is 1.24. The number of pyridine rings is 1. The average molecular weight is 261 g/mol. The highest BCUT2D eigenvalue weighted by Crippen LogP contribution is 2.27. The lowest BCUT2D eigenvalue weighted by molar-refractivity contribution is -0.141. The SMILES string of the molecule is Nc1n[nH]c(=S)n1-c1ccc(C(F)(F)F)nc1. The molecule has 0 spiro atoms. The number of aromatic amines is 1. The first kappa shape index (κ1) is 11.6. The lowest BCUT2D eigenvalue weighted by Gasteiger charge is -2.07. The summed E-state index contributed by atoms with van der Waals surface area (Å²) in [7, 11) is 0. The van der Waals surface area contributed by atoms with Crippen molar-refractivity contribution in [1.82, 2.24) is 19.7 Å². The van der Waals surface area contributed by atoms with Crippen LogP contribution in [0.15, 0.2) is 18.3 Å². The second-order valence-electron chi connectivity index (χ2n) is 3.12. The number of anilines is 1. The molecule has 0 radical (unpaired) electrons. The van der Waals surface area contributed by atoms with Crippen molar-refractivity contribution in [2.75, 3.05) is 5.73 Å². The van der Waals surface area contributed by atoms with E-state index in [4.69, 9.17) is 18.0 Å². The molecule has 5 nitrogen and oxygen atoms in total. The maximum absolute atomic E-state index is 12.3. The van der Waals surface area contributed by atoms with Gasteiger partial charge in [-0.2, -0.15) is 13.2 Å². The van der Waals surface area contributed by atoms with Gasteiger partial charge in [-0.25, -0.2) is 10.1 Å². The molecule has 0 aliphatic carbocycles. The number of rotatable bonds is 1. The topological polar surface area (TPSA) is 72.5 Å². The average Bonchev–Trinajstić information content (AvgIpc) is 2.58. The number of nitrogens with two attached hydrogens (primary N) is 1. The van der Waals surface area contributed by atoms with Crippen molar-refractivity contribution in [2.45, 2.75) is 6.18 Å². The van der Waals surface area contributed by atoms with Crippen LogP contribution in [0.1, 0.15) is 5.69 Å². The van der Waals surface area contributed by atoms with Gasteiger partial charge >= 0.3 is 6.18 Å². The van der Waals surface area contributed by atoms with Crippen molar-refractivity contribution in [1.29, 1.82) is 0 Å². The van der Waals surface area contributed by atoms with Gasteiger partial charge in [-0.05, 0) is 24.4 Å². The zero-order valence-electron chi connectivity index (χ0n) is 8.19. The van der Waals surface area contributed by atoms with E-state index in [2.05, 4.69) is 15.2 Å². The third-order valence-electron chi connectivity index (χ3n) is 1.99. The molecule has 0 unspecified atom stereocenters. The second-order valence-corrected chi connectivity index (χ2v) is 3.51. The zero-order valence-corrected chi connectivity index (χ0v) is 9.01. The van der Waals surface area contributed by atoms with Gasteiger partial charge in [0.05, 0.1) is 11.9 Å². The van der Waals surface area contributed by atoms with E-state index >= 15 is 0 Å². The Kier molecular flexibility index (Phi) is 2.62. The Morgan fingerprint density at radius 3 is 2.47 bits per heavy atom. The van der Waals surface area contributed by atoms with Crippen LogP contribution in [0.2, 0.25) is 0 Å². The summed E-state index contributed by atoms with van der Waals surface area (Å²) in [5.41, 5.74) is 4.84. The summed E-state index contributed by atoms with van der Waals surface area (Å²) in [5.74, 6) is 0.0524. The second kappa shape index (κ2) is 3.84. The van der Waals surface area contributed by atoms with Crippen molar-refractivity contribution >= 4 is 18.2 Å². The Balaban J connectivity index is 2.47. The van der Waals surface area contributed by atoms with Gasteiger partial charge in [0.2, 0.25) is 10.7 Å². The molecule has 0 amide bonds. The van der Waals surface area contributed by atoms with E-state index in [1.54, 1.807) is 0 Å². The van der Waals surface area contributed by atoms with Crippen LogP contribution in [-0.2, 0) is 6.18 Å². The summed E-state index contributed by atoms with van der Waals surface area (Å²) in [5, 5.41) is 6.06. The van der Waals surface area contributed by atoms with E-state index in [9.17, 15) is 13.2 Å². The number of hydrogen-bond donors (Lipinski definition) is 2. The van der Waals surface area contributed by atoms with Crippen LogP contribution >= 0.6 is 12.2 Å². The normalized spacial score (nSPS) is 11.7. The number of nitrogens with one attached hydrogen (secondary N) is 1. The van der Waals surface area contributed by atoms with Crippen LogP contribution in [0.5, 0.6) is 0 Å². The number of alkyl halides is 3. The van der Waals surface area contributed by atoms with Gasteiger partial charge in [-0.1, -0.05) is 0 Å². The van der Waals surface area contributed by atoms with E-state index in [-0.39, 0.29) is 10.7 Å². The number of nitrogens with zero attached hydrogens (tertiary/aromatic N) is 3. The van der Waals surface area contributed by atoms with Gasteiger partial charge in [0.1, 0.15) is 5.69 Å². The highest BCUT2D eigenvalue weighted by atomic mass is 32.1. The molecule has 0 aliphatic rings. The van der Waals surface area contributed by atoms with E-state index < -0.39 is 11.9 Å². The monoisotopic (exact) mass is 261 g/mol. The van der Waals surface area contributed by atoms with E-state index in [1.807, 2.05) is 0 Å². The largest absolute Gasteiger partial charge is 0.433 e. The van der Waals surface area contributed by atoms with Gasteiger partial charge in [-0.3, -0.25) is 4.57 Å². The number of halogens is 3.